The first-order valence-electron chi connectivity index (χ1n) is 2.28. The molecule has 0 aliphatic heterocycles. The molecule has 1 rings (SSSR count). The van der Waals surface area contributed by atoms with Crippen LogP contribution in [0.2, 0.25) is 0 Å². The van der Waals surface area contributed by atoms with Gasteiger partial charge < -0.3 is 5.73 Å². The van der Waals surface area contributed by atoms with Gasteiger partial charge in [0.2, 0.25) is 0 Å². The maximum Gasteiger partial charge on any atom is 0.115 e. The third-order valence-corrected chi connectivity index (χ3v) is 0.478. The third-order valence-electron chi connectivity index (χ3n) is 0.478. The highest BCUT2D eigenvalue weighted by molar-refractivity contribution is 5.85. The summed E-state index contributed by atoms with van der Waals surface area (Å²) < 4.78 is 0. The average Bonchev–Trinajstić information content (AvgIpc) is 1.96. The number of nitrogens with zero attached hydrogens (tertiary/aromatic N) is 2. The lowest BCUT2D eigenvalue weighted by molar-refractivity contribution is 1.17. The first-order valence-corrected chi connectivity index (χ1v) is 2.28. The molecule has 0 radical (unpaired) electrons. The maximum absolute atomic E-state index is 4.50. The molecule has 9 heavy (non-hydrogen) atoms. The Morgan fingerprint density at radius 3 is 1.67 bits per heavy atom. The summed E-state index contributed by atoms with van der Waals surface area (Å²) in [5.74, 6) is 0. The van der Waals surface area contributed by atoms with Crippen LogP contribution in [-0.4, -0.2) is 17.0 Å². The molecular weight excluding hydrogens is 138 g/mol. The van der Waals surface area contributed by atoms with Crippen LogP contribution in [0.15, 0.2) is 24.8 Å². The molecule has 2 N–H and O–H groups in total. The largest absolute Gasteiger partial charge is 0.333 e. The van der Waals surface area contributed by atoms with Gasteiger partial charge in [0.05, 0.1) is 0 Å². The number of aromatic nitrogens is 2. The molecule has 1 aromatic rings. The molecule has 1 heterocycles. The van der Waals surface area contributed by atoms with E-state index in [0.717, 1.165) is 0 Å². The Kier molecular flexibility index (Phi) is 12.8. The van der Waals surface area contributed by atoms with Crippen molar-refractivity contribution in [1.82, 2.24) is 9.97 Å². The Hall–Kier alpha value is -0.670. The molecule has 0 saturated carbocycles. The van der Waals surface area contributed by atoms with Crippen LogP contribution in [0.4, 0.5) is 0 Å². The summed E-state index contributed by atoms with van der Waals surface area (Å²) >= 11 is 0. The van der Waals surface area contributed by atoms with Gasteiger partial charge in [-0.05, 0) is 13.1 Å². The fourth-order valence-electron chi connectivity index (χ4n) is 0.253. The summed E-state index contributed by atoms with van der Waals surface area (Å²) in [4.78, 5) is 7.35. The first-order chi connectivity index (χ1) is 4.00. The van der Waals surface area contributed by atoms with E-state index < -0.39 is 0 Å². The van der Waals surface area contributed by atoms with Crippen LogP contribution >= 0.6 is 12.4 Å². The highest BCUT2D eigenvalue weighted by Crippen LogP contribution is 1.66. The van der Waals surface area contributed by atoms with Gasteiger partial charge in [-0.1, -0.05) is 0 Å². The van der Waals surface area contributed by atoms with Crippen LogP contribution < -0.4 is 5.73 Å². The van der Waals surface area contributed by atoms with E-state index in [0.29, 0.717) is 0 Å². The van der Waals surface area contributed by atoms with E-state index in [2.05, 4.69) is 15.7 Å². The number of hydrogen-bond acceptors (Lipinski definition) is 3. The predicted molar refractivity (Wildman–Crippen MR) is 39.4 cm³/mol. The molecule has 0 saturated heterocycles. The zero-order valence-corrected chi connectivity index (χ0v) is 6.01. The van der Waals surface area contributed by atoms with Gasteiger partial charge in [0.25, 0.3) is 0 Å². The van der Waals surface area contributed by atoms with Gasteiger partial charge in [-0.15, -0.1) is 12.4 Å². The summed E-state index contributed by atoms with van der Waals surface area (Å²) in [7, 11) is 1.50. The SMILES string of the molecule is CN.Cl.c1cncnc1. The molecule has 0 atom stereocenters. The summed E-state index contributed by atoms with van der Waals surface area (Å²) in [5.41, 5.74) is 4.50. The number of hydrogen-bond donors (Lipinski definition) is 1. The van der Waals surface area contributed by atoms with Crippen LogP contribution in [0, 0.1) is 0 Å². The molecule has 0 aliphatic carbocycles. The minimum Gasteiger partial charge on any atom is -0.333 e. The van der Waals surface area contributed by atoms with Crippen LogP contribution in [0.3, 0.4) is 0 Å². The van der Waals surface area contributed by atoms with Gasteiger partial charge in [-0.25, -0.2) is 9.97 Å². The van der Waals surface area contributed by atoms with Gasteiger partial charge in [0, 0.05) is 12.4 Å². The van der Waals surface area contributed by atoms with E-state index in [4.69, 9.17) is 0 Å². The lowest BCUT2D eigenvalue weighted by atomic mass is 10.7. The first kappa shape index (κ1) is 11.2. The number of rotatable bonds is 0. The highest BCUT2D eigenvalue weighted by Gasteiger charge is 1.59. The van der Waals surface area contributed by atoms with Gasteiger partial charge >= 0.3 is 0 Å². The van der Waals surface area contributed by atoms with Crippen LogP contribution in [0.1, 0.15) is 0 Å². The smallest absolute Gasteiger partial charge is 0.115 e. The molecular formula is C5H10ClN3. The molecule has 0 spiro atoms. The van der Waals surface area contributed by atoms with E-state index in [1.54, 1.807) is 18.5 Å². The molecule has 0 amide bonds. The van der Waals surface area contributed by atoms with Crippen molar-refractivity contribution in [2.45, 2.75) is 0 Å². The highest BCUT2D eigenvalue weighted by atomic mass is 35.5. The van der Waals surface area contributed by atoms with Crippen molar-refractivity contribution < 1.29 is 0 Å². The van der Waals surface area contributed by atoms with Gasteiger partial charge in [-0.3, -0.25) is 0 Å². The Balaban J connectivity index is 0. The summed E-state index contributed by atoms with van der Waals surface area (Å²) in [6.07, 6.45) is 4.88. The Morgan fingerprint density at radius 2 is 1.56 bits per heavy atom. The lowest BCUT2D eigenvalue weighted by Gasteiger charge is -1.70. The van der Waals surface area contributed by atoms with Crippen molar-refractivity contribution in [1.29, 1.82) is 0 Å². The van der Waals surface area contributed by atoms with E-state index in [1.807, 2.05) is 0 Å². The summed E-state index contributed by atoms with van der Waals surface area (Å²) in [5, 5.41) is 0. The quantitative estimate of drug-likeness (QED) is 0.581. The van der Waals surface area contributed by atoms with Gasteiger partial charge in [-0.2, -0.15) is 0 Å². The minimum absolute atomic E-state index is 0. The average molecular weight is 148 g/mol. The van der Waals surface area contributed by atoms with E-state index in [-0.39, 0.29) is 12.4 Å². The van der Waals surface area contributed by atoms with Gasteiger partial charge in [0.1, 0.15) is 6.33 Å². The molecule has 0 fully saturated rings. The Labute approximate surface area is 60.7 Å². The van der Waals surface area contributed by atoms with Crippen molar-refractivity contribution in [3.8, 4) is 0 Å². The molecule has 3 nitrogen and oxygen atoms in total. The topological polar surface area (TPSA) is 51.8 Å². The fourth-order valence-corrected chi connectivity index (χ4v) is 0.253. The Bertz CT molecular complexity index is 84.1. The second-order valence-electron chi connectivity index (χ2n) is 0.904. The zero-order valence-electron chi connectivity index (χ0n) is 5.19. The van der Waals surface area contributed by atoms with Crippen molar-refractivity contribution in [2.24, 2.45) is 5.73 Å². The van der Waals surface area contributed by atoms with Crippen molar-refractivity contribution >= 4 is 12.4 Å². The molecule has 1 aromatic heterocycles. The van der Waals surface area contributed by atoms with Gasteiger partial charge in [0.15, 0.2) is 0 Å². The molecule has 0 aromatic carbocycles. The van der Waals surface area contributed by atoms with Crippen LogP contribution in [0.5, 0.6) is 0 Å². The second-order valence-corrected chi connectivity index (χ2v) is 0.904. The van der Waals surface area contributed by atoms with Crippen molar-refractivity contribution in [3.05, 3.63) is 24.8 Å². The second kappa shape index (κ2) is 10.3. The van der Waals surface area contributed by atoms with E-state index in [1.165, 1.54) is 13.4 Å². The molecule has 52 valence electrons. The number of nitrogens with two attached hydrogens (primary N) is 1. The maximum atomic E-state index is 4.50. The van der Waals surface area contributed by atoms with Crippen molar-refractivity contribution in [2.75, 3.05) is 7.05 Å². The van der Waals surface area contributed by atoms with Crippen LogP contribution in [-0.2, 0) is 0 Å². The molecule has 4 heteroatoms. The lowest BCUT2D eigenvalue weighted by Crippen LogP contribution is -1.69. The minimum atomic E-state index is 0. The summed E-state index contributed by atoms with van der Waals surface area (Å²) in [6.45, 7) is 0. The molecule has 0 aliphatic rings. The predicted octanol–water partition coefficient (Wildman–Crippen LogP) is 0.473. The van der Waals surface area contributed by atoms with Crippen LogP contribution in [0.25, 0.3) is 0 Å². The molecule has 0 unspecified atom stereocenters. The zero-order chi connectivity index (χ0) is 6.24. The Morgan fingerprint density at radius 1 is 1.11 bits per heavy atom. The summed E-state index contributed by atoms with van der Waals surface area (Å²) in [6, 6.07) is 1.78. The monoisotopic (exact) mass is 147 g/mol. The van der Waals surface area contributed by atoms with Crippen molar-refractivity contribution in [3.63, 3.8) is 0 Å². The molecule has 0 bridgehead atoms. The number of halogens is 1. The fraction of sp³-hybridized carbons (Fsp3) is 0.200. The normalized spacial score (nSPS) is 6.00. The standard InChI is InChI=1S/C4H4N2.CH5N.ClH/c1-2-5-4-6-3-1;1-2;/h1-4H;2H2,1H3;1H. The van der Waals surface area contributed by atoms with E-state index >= 15 is 0 Å². The third kappa shape index (κ3) is 7.33. The van der Waals surface area contributed by atoms with E-state index in [9.17, 15) is 0 Å².